The quantitative estimate of drug-likeness (QED) is 0.817. The summed E-state index contributed by atoms with van der Waals surface area (Å²) in [4.78, 5) is 22.3. The summed E-state index contributed by atoms with van der Waals surface area (Å²) < 4.78 is 15.1. The number of ketones is 1. The van der Waals surface area contributed by atoms with E-state index in [4.69, 9.17) is 5.73 Å². The molecule has 0 aliphatic carbocycles. The fourth-order valence-corrected chi connectivity index (χ4v) is 1.89. The van der Waals surface area contributed by atoms with Crippen LogP contribution in [0.2, 0.25) is 0 Å². The maximum absolute atomic E-state index is 13.7. The lowest BCUT2D eigenvalue weighted by molar-refractivity contribution is -0.118. The van der Waals surface area contributed by atoms with Crippen LogP contribution >= 0.6 is 0 Å². The molecule has 2 N–H and O–H groups in total. The molecule has 0 aliphatic heterocycles. The van der Waals surface area contributed by atoms with Gasteiger partial charge in [-0.05, 0) is 13.0 Å². The molecule has 0 saturated heterocycles. The van der Waals surface area contributed by atoms with Crippen molar-refractivity contribution in [2.45, 2.75) is 13.5 Å². The van der Waals surface area contributed by atoms with E-state index < -0.39 is 11.7 Å². The second-order valence-corrected chi connectivity index (χ2v) is 3.83. The molecule has 0 spiro atoms. The van der Waals surface area contributed by atoms with E-state index in [1.807, 2.05) is 0 Å². The number of benzene rings is 1. The van der Waals surface area contributed by atoms with Crippen molar-refractivity contribution in [3.05, 3.63) is 35.8 Å². The maximum atomic E-state index is 13.7. The van der Waals surface area contributed by atoms with Gasteiger partial charge in [0.25, 0.3) is 0 Å². The second-order valence-electron chi connectivity index (χ2n) is 3.83. The molecule has 1 aromatic heterocycles. The molecule has 2 rings (SSSR count). The number of carbonyl (C=O) groups excluding carboxylic acids is 2. The van der Waals surface area contributed by atoms with Crippen LogP contribution in [0, 0.1) is 5.82 Å². The highest BCUT2D eigenvalue weighted by atomic mass is 19.1. The van der Waals surface area contributed by atoms with Crippen molar-refractivity contribution in [3.8, 4) is 0 Å². The van der Waals surface area contributed by atoms with E-state index in [1.54, 1.807) is 6.07 Å². The number of rotatable bonds is 3. The highest BCUT2D eigenvalue weighted by Crippen LogP contribution is 2.24. The average Bonchev–Trinajstić information content (AvgIpc) is 2.57. The van der Waals surface area contributed by atoms with Gasteiger partial charge in [-0.3, -0.25) is 9.59 Å². The fraction of sp³-hybridized carbons (Fsp3) is 0.167. The Morgan fingerprint density at radius 1 is 1.41 bits per heavy atom. The van der Waals surface area contributed by atoms with Gasteiger partial charge in [0.1, 0.15) is 12.4 Å². The zero-order chi connectivity index (χ0) is 12.6. The van der Waals surface area contributed by atoms with Crippen molar-refractivity contribution >= 4 is 22.6 Å². The number of hydrogen-bond donors (Lipinski definition) is 1. The third-order valence-electron chi connectivity index (χ3n) is 2.55. The number of Topliss-reactive ketones (excluding diaryl/α,β-unsaturated/α-hetero) is 1. The summed E-state index contributed by atoms with van der Waals surface area (Å²) in [5.74, 6) is -1.24. The summed E-state index contributed by atoms with van der Waals surface area (Å²) >= 11 is 0. The molecule has 88 valence electrons. The number of carbonyl (C=O) groups is 2. The zero-order valence-corrected chi connectivity index (χ0v) is 9.24. The van der Waals surface area contributed by atoms with E-state index in [0.29, 0.717) is 10.9 Å². The summed E-state index contributed by atoms with van der Waals surface area (Å²) in [5.41, 5.74) is 5.71. The Hall–Kier alpha value is -2.17. The minimum absolute atomic E-state index is 0.148. The molecule has 5 heteroatoms. The van der Waals surface area contributed by atoms with Crippen LogP contribution in [-0.4, -0.2) is 16.3 Å². The Balaban J connectivity index is 2.75. The number of nitrogens with two attached hydrogens (primary N) is 1. The van der Waals surface area contributed by atoms with Gasteiger partial charge in [0.05, 0.1) is 5.52 Å². The lowest BCUT2D eigenvalue weighted by Crippen LogP contribution is -2.18. The lowest BCUT2D eigenvalue weighted by Gasteiger charge is -2.02. The minimum Gasteiger partial charge on any atom is -0.368 e. The van der Waals surface area contributed by atoms with Crippen molar-refractivity contribution in [3.63, 3.8) is 0 Å². The predicted octanol–water partition coefficient (Wildman–Crippen LogP) is 1.47. The lowest BCUT2D eigenvalue weighted by atomic mass is 10.1. The van der Waals surface area contributed by atoms with E-state index in [0.717, 1.165) is 0 Å². The topological polar surface area (TPSA) is 65.1 Å². The molecule has 0 atom stereocenters. The molecule has 1 heterocycles. The normalized spacial score (nSPS) is 10.7. The minimum atomic E-state index is -0.583. The summed E-state index contributed by atoms with van der Waals surface area (Å²) in [6.07, 6.45) is 1.46. The largest absolute Gasteiger partial charge is 0.368 e. The first kappa shape index (κ1) is 11.3. The van der Waals surface area contributed by atoms with Gasteiger partial charge in [-0.2, -0.15) is 0 Å². The van der Waals surface area contributed by atoms with E-state index in [-0.39, 0.29) is 17.8 Å². The van der Waals surface area contributed by atoms with Crippen LogP contribution in [0.25, 0.3) is 10.9 Å². The first-order valence-electron chi connectivity index (χ1n) is 5.07. The van der Waals surface area contributed by atoms with Crippen LogP contribution < -0.4 is 5.73 Å². The highest BCUT2D eigenvalue weighted by Gasteiger charge is 2.15. The zero-order valence-electron chi connectivity index (χ0n) is 9.24. The van der Waals surface area contributed by atoms with Gasteiger partial charge in [-0.15, -0.1) is 0 Å². The number of nitrogens with zero attached hydrogens (tertiary/aromatic N) is 1. The van der Waals surface area contributed by atoms with Gasteiger partial charge in [-0.1, -0.05) is 12.1 Å². The number of fused-ring (bicyclic) bond motifs is 1. The van der Waals surface area contributed by atoms with Crippen molar-refractivity contribution < 1.29 is 14.0 Å². The van der Waals surface area contributed by atoms with Gasteiger partial charge >= 0.3 is 0 Å². The van der Waals surface area contributed by atoms with Gasteiger partial charge in [-0.25, -0.2) is 4.39 Å². The fourth-order valence-electron chi connectivity index (χ4n) is 1.89. The third-order valence-corrected chi connectivity index (χ3v) is 2.55. The molecule has 4 nitrogen and oxygen atoms in total. The summed E-state index contributed by atoms with van der Waals surface area (Å²) in [5, 5.41) is 0.499. The Morgan fingerprint density at radius 2 is 2.12 bits per heavy atom. The van der Waals surface area contributed by atoms with Gasteiger partial charge in [0.2, 0.25) is 5.91 Å². The average molecular weight is 234 g/mol. The molecule has 0 unspecified atom stereocenters. The summed E-state index contributed by atoms with van der Waals surface area (Å²) in [7, 11) is 0. The van der Waals surface area contributed by atoms with Gasteiger partial charge in [0, 0.05) is 17.1 Å². The molecule has 0 aliphatic rings. The SMILES string of the molecule is CC(=O)c1cn(CC(N)=O)c2c(F)cccc12. The second kappa shape index (κ2) is 4.01. The Kier molecular flexibility index (Phi) is 2.67. The summed E-state index contributed by atoms with van der Waals surface area (Å²) in [6.45, 7) is 1.25. The number of halogens is 1. The molecule has 0 radical (unpaired) electrons. The predicted molar refractivity (Wildman–Crippen MR) is 61.1 cm³/mol. The van der Waals surface area contributed by atoms with Crippen LogP contribution in [0.1, 0.15) is 17.3 Å². The van der Waals surface area contributed by atoms with E-state index in [1.165, 1.54) is 29.8 Å². The summed E-state index contributed by atoms with van der Waals surface area (Å²) in [6, 6.07) is 4.45. The molecular formula is C12H11FN2O2. The number of para-hydroxylation sites is 1. The van der Waals surface area contributed by atoms with Gasteiger partial charge < -0.3 is 10.3 Å². The Labute approximate surface area is 96.8 Å². The van der Waals surface area contributed by atoms with E-state index in [2.05, 4.69) is 0 Å². The first-order valence-corrected chi connectivity index (χ1v) is 5.07. The third kappa shape index (κ3) is 1.91. The maximum Gasteiger partial charge on any atom is 0.237 e. The molecule has 2 aromatic rings. The van der Waals surface area contributed by atoms with E-state index >= 15 is 0 Å². The first-order chi connectivity index (χ1) is 8.00. The van der Waals surface area contributed by atoms with Crippen molar-refractivity contribution in [1.29, 1.82) is 0 Å². The molecule has 17 heavy (non-hydrogen) atoms. The van der Waals surface area contributed by atoms with Crippen LogP contribution in [0.4, 0.5) is 4.39 Å². The Bertz CT molecular complexity index is 616. The van der Waals surface area contributed by atoms with E-state index in [9.17, 15) is 14.0 Å². The molecular weight excluding hydrogens is 223 g/mol. The molecule has 0 bridgehead atoms. The van der Waals surface area contributed by atoms with Crippen molar-refractivity contribution in [1.82, 2.24) is 4.57 Å². The smallest absolute Gasteiger partial charge is 0.237 e. The molecule has 0 fully saturated rings. The Morgan fingerprint density at radius 3 is 2.71 bits per heavy atom. The standard InChI is InChI=1S/C12H11FN2O2/c1-7(16)9-5-15(6-11(14)17)12-8(9)3-2-4-10(12)13/h2-5H,6H2,1H3,(H2,14,17). The van der Waals surface area contributed by atoms with Crippen molar-refractivity contribution in [2.24, 2.45) is 5.73 Å². The van der Waals surface area contributed by atoms with Crippen molar-refractivity contribution in [2.75, 3.05) is 0 Å². The van der Waals surface area contributed by atoms with Crippen LogP contribution in [0.15, 0.2) is 24.4 Å². The monoisotopic (exact) mass is 234 g/mol. The van der Waals surface area contributed by atoms with Gasteiger partial charge in [0.15, 0.2) is 5.78 Å². The van der Waals surface area contributed by atoms with Crippen LogP contribution in [-0.2, 0) is 11.3 Å². The molecule has 1 aromatic carbocycles. The number of amides is 1. The number of primary amides is 1. The number of aromatic nitrogens is 1. The number of hydrogen-bond acceptors (Lipinski definition) is 2. The van der Waals surface area contributed by atoms with Crippen LogP contribution in [0.5, 0.6) is 0 Å². The highest BCUT2D eigenvalue weighted by molar-refractivity contribution is 6.07. The molecule has 1 amide bonds. The molecule has 0 saturated carbocycles. The van der Waals surface area contributed by atoms with Crippen LogP contribution in [0.3, 0.4) is 0 Å².